The maximum Gasteiger partial charge on any atom is 0.0999 e. The third kappa shape index (κ3) is 6.18. The molecule has 0 atom stereocenters. The Kier molecular flexibility index (Phi) is 8.84. The summed E-state index contributed by atoms with van der Waals surface area (Å²) in [5.41, 5.74) is 17.6. The highest BCUT2D eigenvalue weighted by Crippen LogP contribution is 2.44. The Balaban J connectivity index is 1.20. The van der Waals surface area contributed by atoms with Gasteiger partial charge in [-0.2, -0.15) is 5.26 Å². The van der Waals surface area contributed by atoms with Crippen molar-refractivity contribution in [2.24, 2.45) is 0 Å². The van der Waals surface area contributed by atoms with Crippen molar-refractivity contribution in [3.63, 3.8) is 0 Å². The lowest BCUT2D eigenvalue weighted by Gasteiger charge is -2.19. The van der Waals surface area contributed by atoms with E-state index in [1.807, 2.05) is 18.3 Å². The summed E-state index contributed by atoms with van der Waals surface area (Å²) in [5.74, 6) is 0. The third-order valence-electron chi connectivity index (χ3n) is 12.6. The molecule has 0 saturated heterocycles. The van der Waals surface area contributed by atoms with Crippen LogP contribution < -0.4 is 0 Å². The zero-order chi connectivity index (χ0) is 42.6. The van der Waals surface area contributed by atoms with Crippen molar-refractivity contribution in [1.29, 1.82) is 5.26 Å². The number of benzene rings is 9. The summed E-state index contributed by atoms with van der Waals surface area (Å²) in [7, 11) is 0. The highest BCUT2D eigenvalue weighted by Gasteiger charge is 2.24. The van der Waals surface area contributed by atoms with E-state index in [2.05, 4.69) is 226 Å². The van der Waals surface area contributed by atoms with E-state index < -0.39 is 0 Å². The molecule has 9 aromatic carbocycles. The highest BCUT2D eigenvalue weighted by atomic mass is 15.1. The number of nitriles is 1. The summed E-state index contributed by atoms with van der Waals surface area (Å²) in [6.45, 7) is 0. The highest BCUT2D eigenvalue weighted by molar-refractivity contribution is 6.14. The van der Waals surface area contributed by atoms with Gasteiger partial charge in [-0.3, -0.25) is 4.98 Å². The average molecular weight is 815 g/mol. The molecule has 4 heteroatoms. The number of aromatic nitrogens is 3. The average Bonchev–Trinajstić information content (AvgIpc) is 3.88. The number of hydrogen-bond donors (Lipinski definition) is 0. The minimum atomic E-state index is 0.571. The quantitative estimate of drug-likeness (QED) is 0.161. The molecule has 0 radical (unpaired) electrons. The summed E-state index contributed by atoms with van der Waals surface area (Å²) in [4.78, 5) is 4.50. The molecule has 64 heavy (non-hydrogen) atoms. The standard InChI is InChI=1S/C60H38N4/c61-38-49-36-59(63-55-27-23-44(40-14-5-1-6-15-40)32-51(55)52-33-45(24-28-56(52)63)41-16-7-2-8-17-41)60(37-50(49)48-22-13-31-62-39-48)64-57-29-25-46(42-18-9-3-10-19-42)34-53(57)54-35-47(26-30-58(54)64)43-20-11-4-12-21-43/h1-37,39H. The molecule has 12 rings (SSSR count). The number of hydrogen-bond acceptors (Lipinski definition) is 2. The van der Waals surface area contributed by atoms with Crippen LogP contribution in [0.25, 0.3) is 111 Å². The third-order valence-corrected chi connectivity index (χ3v) is 12.6. The molecule has 4 nitrogen and oxygen atoms in total. The van der Waals surface area contributed by atoms with Gasteiger partial charge in [-0.1, -0.05) is 152 Å². The molecule has 0 aliphatic carbocycles. The van der Waals surface area contributed by atoms with E-state index in [9.17, 15) is 5.26 Å². The zero-order valence-electron chi connectivity index (χ0n) is 34.7. The lowest BCUT2D eigenvalue weighted by Crippen LogP contribution is -2.05. The van der Waals surface area contributed by atoms with Crippen LogP contribution in [0.15, 0.2) is 231 Å². The van der Waals surface area contributed by atoms with Gasteiger partial charge in [0.25, 0.3) is 0 Å². The van der Waals surface area contributed by atoms with E-state index >= 15 is 0 Å². The summed E-state index contributed by atoms with van der Waals surface area (Å²) in [6, 6.07) is 80.4. The van der Waals surface area contributed by atoms with Crippen LogP contribution in [0, 0.1) is 11.3 Å². The lowest BCUT2D eigenvalue weighted by molar-refractivity contribution is 1.09. The van der Waals surface area contributed by atoms with Gasteiger partial charge in [0, 0.05) is 45.1 Å². The molecule has 0 spiro atoms. The van der Waals surface area contributed by atoms with E-state index in [-0.39, 0.29) is 0 Å². The molecule has 0 aliphatic heterocycles. The minimum absolute atomic E-state index is 0.571. The molecule has 12 aromatic rings. The van der Waals surface area contributed by atoms with Crippen molar-refractivity contribution in [2.75, 3.05) is 0 Å². The Morgan fingerprint density at radius 3 is 1.00 bits per heavy atom. The topological polar surface area (TPSA) is 46.5 Å². The van der Waals surface area contributed by atoms with E-state index in [0.717, 1.165) is 111 Å². The van der Waals surface area contributed by atoms with Gasteiger partial charge in [-0.05, 0) is 111 Å². The number of rotatable bonds is 7. The number of nitrogens with zero attached hydrogens (tertiary/aromatic N) is 4. The van der Waals surface area contributed by atoms with E-state index in [1.54, 1.807) is 6.20 Å². The molecule has 3 heterocycles. The normalized spacial score (nSPS) is 11.4. The molecule has 3 aromatic heterocycles. The van der Waals surface area contributed by atoms with Crippen LogP contribution in [0.5, 0.6) is 0 Å². The van der Waals surface area contributed by atoms with Crippen LogP contribution >= 0.6 is 0 Å². The fourth-order valence-electron chi connectivity index (χ4n) is 9.59. The molecule has 0 amide bonds. The number of pyridine rings is 1. The van der Waals surface area contributed by atoms with Gasteiger partial charge in [-0.25, -0.2) is 0 Å². The zero-order valence-corrected chi connectivity index (χ0v) is 34.7. The molecule has 0 unspecified atom stereocenters. The first-order valence-electron chi connectivity index (χ1n) is 21.6. The fraction of sp³-hybridized carbons (Fsp3) is 0. The van der Waals surface area contributed by atoms with Crippen molar-refractivity contribution in [3.05, 3.63) is 236 Å². The summed E-state index contributed by atoms with van der Waals surface area (Å²) in [6.07, 6.45) is 3.62. The monoisotopic (exact) mass is 814 g/mol. The van der Waals surface area contributed by atoms with Crippen LogP contribution in [0.3, 0.4) is 0 Å². The van der Waals surface area contributed by atoms with Gasteiger partial charge < -0.3 is 9.13 Å². The maximum absolute atomic E-state index is 11.0. The number of fused-ring (bicyclic) bond motifs is 6. The van der Waals surface area contributed by atoms with Crippen LogP contribution in [0.4, 0.5) is 0 Å². The Morgan fingerprint density at radius 2 is 0.672 bits per heavy atom. The first-order chi connectivity index (χ1) is 31.7. The van der Waals surface area contributed by atoms with E-state index in [0.29, 0.717) is 5.56 Å². The molecule has 298 valence electrons. The molecule has 0 fully saturated rings. The SMILES string of the molecule is N#Cc1cc(-n2c3ccc(-c4ccccc4)cc3c3cc(-c4ccccc4)ccc32)c(-n2c3ccc(-c4ccccc4)cc3c3cc(-c4ccccc4)ccc32)cc1-c1cccnc1. The van der Waals surface area contributed by atoms with E-state index in [1.165, 1.54) is 0 Å². The van der Waals surface area contributed by atoms with Crippen LogP contribution in [0.2, 0.25) is 0 Å². The van der Waals surface area contributed by atoms with Gasteiger partial charge in [0.2, 0.25) is 0 Å². The smallest absolute Gasteiger partial charge is 0.0999 e. The van der Waals surface area contributed by atoms with Gasteiger partial charge in [-0.15, -0.1) is 0 Å². The maximum atomic E-state index is 11.0. The second-order valence-corrected chi connectivity index (χ2v) is 16.3. The largest absolute Gasteiger partial charge is 0.307 e. The van der Waals surface area contributed by atoms with Crippen LogP contribution in [-0.2, 0) is 0 Å². The van der Waals surface area contributed by atoms with Gasteiger partial charge >= 0.3 is 0 Å². The molecular formula is C60H38N4. The van der Waals surface area contributed by atoms with Gasteiger partial charge in [0.15, 0.2) is 0 Å². The Morgan fingerprint density at radius 1 is 0.328 bits per heavy atom. The molecular weight excluding hydrogens is 777 g/mol. The van der Waals surface area contributed by atoms with Crippen molar-refractivity contribution >= 4 is 43.6 Å². The van der Waals surface area contributed by atoms with Crippen molar-refractivity contribution < 1.29 is 0 Å². The first kappa shape index (κ1) is 37.0. The second kappa shape index (κ2) is 15.3. The Bertz CT molecular complexity index is 3560. The summed E-state index contributed by atoms with van der Waals surface area (Å²) >= 11 is 0. The Labute approximate surface area is 370 Å². The van der Waals surface area contributed by atoms with Crippen LogP contribution in [0.1, 0.15) is 5.56 Å². The summed E-state index contributed by atoms with van der Waals surface area (Å²) in [5, 5.41) is 15.6. The molecule has 0 aliphatic rings. The predicted molar refractivity (Wildman–Crippen MR) is 265 cm³/mol. The van der Waals surface area contributed by atoms with Crippen molar-refractivity contribution in [2.45, 2.75) is 0 Å². The molecule has 0 bridgehead atoms. The molecule has 0 N–H and O–H groups in total. The van der Waals surface area contributed by atoms with Crippen LogP contribution in [-0.4, -0.2) is 14.1 Å². The van der Waals surface area contributed by atoms with Crippen molar-refractivity contribution in [1.82, 2.24) is 14.1 Å². The Hall–Kier alpha value is -8.78. The minimum Gasteiger partial charge on any atom is -0.307 e. The fourth-order valence-corrected chi connectivity index (χ4v) is 9.59. The first-order valence-corrected chi connectivity index (χ1v) is 21.6. The van der Waals surface area contributed by atoms with Crippen molar-refractivity contribution in [3.8, 4) is 73.1 Å². The van der Waals surface area contributed by atoms with Gasteiger partial charge in [0.1, 0.15) is 0 Å². The summed E-state index contributed by atoms with van der Waals surface area (Å²) < 4.78 is 4.77. The molecule has 0 saturated carbocycles. The van der Waals surface area contributed by atoms with Gasteiger partial charge in [0.05, 0.1) is 45.1 Å². The lowest BCUT2D eigenvalue weighted by atomic mass is 9.99. The predicted octanol–water partition coefficient (Wildman–Crippen LogP) is 15.5. The second-order valence-electron chi connectivity index (χ2n) is 16.3. The van der Waals surface area contributed by atoms with E-state index in [4.69, 9.17) is 0 Å².